The zero-order chi connectivity index (χ0) is 28.6. The molecule has 0 spiro atoms. The van der Waals surface area contributed by atoms with Gasteiger partial charge in [0.15, 0.2) is 0 Å². The largest absolute Gasteiger partial charge is 0.462 e. The first-order chi connectivity index (χ1) is 18.9. The summed E-state index contributed by atoms with van der Waals surface area (Å²) in [6.45, 7) is 6.40. The van der Waals surface area contributed by atoms with Gasteiger partial charge < -0.3 is 20.5 Å². The highest BCUT2D eigenvalue weighted by atomic mass is 16.6. The fraction of sp³-hybridized carbons (Fsp3) is 0.758. The second-order valence-electron chi connectivity index (χ2n) is 11.3. The third-order valence-electron chi connectivity index (χ3n) is 7.40. The molecule has 1 aromatic rings. The van der Waals surface area contributed by atoms with Crippen molar-refractivity contribution in [2.75, 3.05) is 19.8 Å². The Bertz CT molecular complexity index is 726. The van der Waals surface area contributed by atoms with E-state index >= 15 is 0 Å². The van der Waals surface area contributed by atoms with Gasteiger partial charge in [-0.25, -0.2) is 4.79 Å². The highest BCUT2D eigenvalue weighted by Gasteiger charge is 2.18. The van der Waals surface area contributed by atoms with Crippen molar-refractivity contribution < 1.29 is 19.1 Å². The summed E-state index contributed by atoms with van der Waals surface area (Å²) in [5.41, 5.74) is 7.95. The molecule has 0 fully saturated rings. The van der Waals surface area contributed by atoms with E-state index in [9.17, 15) is 9.59 Å². The van der Waals surface area contributed by atoms with E-state index in [-0.39, 0.29) is 31.1 Å². The lowest BCUT2D eigenvalue weighted by Gasteiger charge is -2.24. The number of alkyl carbamates (subject to hydrolysis) is 1. The molecule has 1 amide bonds. The molecular formula is C33H58N2O4. The predicted octanol–water partition coefficient (Wildman–Crippen LogP) is 7.97. The number of nitrogens with two attached hydrogens (primary N) is 1. The van der Waals surface area contributed by atoms with Gasteiger partial charge in [-0.15, -0.1) is 0 Å². The first kappa shape index (κ1) is 34.9. The minimum absolute atomic E-state index is 0.00910. The van der Waals surface area contributed by atoms with Gasteiger partial charge in [-0.05, 0) is 30.7 Å². The van der Waals surface area contributed by atoms with Crippen LogP contribution in [0.15, 0.2) is 30.3 Å². The molecule has 39 heavy (non-hydrogen) atoms. The maximum Gasteiger partial charge on any atom is 0.407 e. The van der Waals surface area contributed by atoms with Crippen LogP contribution in [-0.4, -0.2) is 37.9 Å². The van der Waals surface area contributed by atoms with Gasteiger partial charge in [-0.1, -0.05) is 135 Å². The van der Waals surface area contributed by atoms with Crippen molar-refractivity contribution in [3.63, 3.8) is 0 Å². The topological polar surface area (TPSA) is 90.7 Å². The fourth-order valence-electron chi connectivity index (χ4n) is 4.88. The molecule has 0 bridgehead atoms. The quantitative estimate of drug-likeness (QED) is 0.101. The summed E-state index contributed by atoms with van der Waals surface area (Å²) in [6, 6.07) is 10.6. The molecule has 0 saturated carbocycles. The van der Waals surface area contributed by atoms with Gasteiger partial charge in [0.05, 0.1) is 5.92 Å². The molecule has 6 heteroatoms. The zero-order valence-electron chi connectivity index (χ0n) is 25.3. The highest BCUT2D eigenvalue weighted by Crippen LogP contribution is 2.21. The Balaban J connectivity index is 2.24. The summed E-state index contributed by atoms with van der Waals surface area (Å²) < 4.78 is 10.1. The van der Waals surface area contributed by atoms with Crippen molar-refractivity contribution >= 4 is 12.1 Å². The van der Waals surface area contributed by atoms with Gasteiger partial charge in [0, 0.05) is 12.6 Å². The monoisotopic (exact) mass is 546 g/mol. The third kappa shape index (κ3) is 19.6. The van der Waals surface area contributed by atoms with Crippen molar-refractivity contribution in [3.05, 3.63) is 35.9 Å². The lowest BCUT2D eigenvalue weighted by molar-refractivity contribution is -0.148. The van der Waals surface area contributed by atoms with E-state index in [2.05, 4.69) is 36.5 Å². The molecule has 3 N–H and O–H groups in total. The summed E-state index contributed by atoms with van der Waals surface area (Å²) in [4.78, 5) is 23.4. The summed E-state index contributed by atoms with van der Waals surface area (Å²) in [5, 5.41) is 2.78. The molecule has 0 radical (unpaired) electrons. The van der Waals surface area contributed by atoms with E-state index in [4.69, 9.17) is 15.2 Å². The standard InChI is InChI=1S/C33H58N2O4/c1-4-5-6-7-8-9-10-11-12-13-14-15-19-22-30(27-29-20-17-16-18-21-29)31(34)23-24-35-33(37)39-26-25-38-32(36)28(2)3/h16-18,20-21,28,30-31H,4-15,19,22-27,34H2,1-3H3,(H,35,37). The number of hydrogen-bond donors (Lipinski definition) is 2. The van der Waals surface area contributed by atoms with Crippen LogP contribution in [0.4, 0.5) is 4.79 Å². The number of unbranched alkanes of at least 4 members (excludes halogenated alkanes) is 12. The lowest BCUT2D eigenvalue weighted by atomic mass is 9.86. The SMILES string of the molecule is CCCCCCCCCCCCCCCC(Cc1ccccc1)C(N)CCNC(=O)OCCOC(=O)C(C)C. The van der Waals surface area contributed by atoms with Crippen LogP contribution in [0, 0.1) is 11.8 Å². The van der Waals surface area contributed by atoms with E-state index < -0.39 is 6.09 Å². The predicted molar refractivity (Wildman–Crippen MR) is 162 cm³/mol. The second kappa shape index (κ2) is 23.8. The van der Waals surface area contributed by atoms with Crippen LogP contribution >= 0.6 is 0 Å². The van der Waals surface area contributed by atoms with Crippen LogP contribution in [0.5, 0.6) is 0 Å². The average Bonchev–Trinajstić information content (AvgIpc) is 2.93. The molecule has 0 aliphatic carbocycles. The molecule has 0 heterocycles. The molecular weight excluding hydrogens is 488 g/mol. The van der Waals surface area contributed by atoms with Gasteiger partial charge in [0.25, 0.3) is 0 Å². The van der Waals surface area contributed by atoms with Crippen molar-refractivity contribution in [2.45, 2.75) is 130 Å². The van der Waals surface area contributed by atoms with Crippen LogP contribution < -0.4 is 11.1 Å². The molecule has 0 aromatic heterocycles. The third-order valence-corrected chi connectivity index (χ3v) is 7.40. The molecule has 1 aromatic carbocycles. The van der Waals surface area contributed by atoms with Crippen LogP contribution in [0.1, 0.15) is 123 Å². The molecule has 224 valence electrons. The molecule has 2 unspecified atom stereocenters. The summed E-state index contributed by atoms with van der Waals surface area (Å²) in [7, 11) is 0. The Morgan fingerprint density at radius 3 is 1.87 bits per heavy atom. The zero-order valence-corrected chi connectivity index (χ0v) is 25.3. The number of rotatable bonds is 24. The Morgan fingerprint density at radius 1 is 0.769 bits per heavy atom. The number of esters is 1. The van der Waals surface area contributed by atoms with E-state index in [1.165, 1.54) is 89.0 Å². The number of ether oxygens (including phenoxy) is 2. The summed E-state index contributed by atoms with van der Waals surface area (Å²) in [6.07, 6.45) is 19.9. The second-order valence-corrected chi connectivity index (χ2v) is 11.3. The van der Waals surface area contributed by atoms with Crippen LogP contribution in [-0.2, 0) is 20.7 Å². The summed E-state index contributed by atoms with van der Waals surface area (Å²) in [5.74, 6) is -0.102. The Hall–Kier alpha value is -2.08. The first-order valence-electron chi connectivity index (χ1n) is 15.8. The van der Waals surface area contributed by atoms with E-state index in [0.29, 0.717) is 18.9 Å². The van der Waals surface area contributed by atoms with Crippen molar-refractivity contribution in [1.29, 1.82) is 0 Å². The van der Waals surface area contributed by atoms with Gasteiger partial charge >= 0.3 is 12.1 Å². The van der Waals surface area contributed by atoms with Gasteiger partial charge in [0.2, 0.25) is 0 Å². The smallest absolute Gasteiger partial charge is 0.407 e. The molecule has 6 nitrogen and oxygen atoms in total. The normalized spacial score (nSPS) is 12.7. The number of carbonyl (C=O) groups excluding carboxylic acids is 2. The summed E-state index contributed by atoms with van der Waals surface area (Å²) >= 11 is 0. The van der Waals surface area contributed by atoms with Crippen LogP contribution in [0.3, 0.4) is 0 Å². The number of carbonyl (C=O) groups is 2. The van der Waals surface area contributed by atoms with Crippen molar-refractivity contribution in [1.82, 2.24) is 5.32 Å². The number of amides is 1. The van der Waals surface area contributed by atoms with Gasteiger partial charge in [-0.3, -0.25) is 4.79 Å². The highest BCUT2D eigenvalue weighted by molar-refractivity contribution is 5.71. The molecule has 1 rings (SSSR count). The minimum atomic E-state index is -0.501. The van der Waals surface area contributed by atoms with E-state index in [0.717, 1.165) is 12.8 Å². The van der Waals surface area contributed by atoms with Gasteiger partial charge in [0.1, 0.15) is 13.2 Å². The first-order valence-corrected chi connectivity index (χ1v) is 15.8. The molecule has 0 saturated heterocycles. The van der Waals surface area contributed by atoms with E-state index in [1.807, 2.05) is 6.07 Å². The maximum absolute atomic E-state index is 12.0. The number of benzene rings is 1. The lowest BCUT2D eigenvalue weighted by Crippen LogP contribution is -2.36. The van der Waals surface area contributed by atoms with Crippen LogP contribution in [0.2, 0.25) is 0 Å². The fourth-order valence-corrected chi connectivity index (χ4v) is 4.88. The Kier molecular flexibility index (Phi) is 21.3. The van der Waals surface area contributed by atoms with Crippen molar-refractivity contribution in [3.8, 4) is 0 Å². The minimum Gasteiger partial charge on any atom is -0.462 e. The number of nitrogens with one attached hydrogen (secondary N) is 1. The van der Waals surface area contributed by atoms with E-state index in [1.54, 1.807) is 13.8 Å². The van der Waals surface area contributed by atoms with Crippen molar-refractivity contribution in [2.24, 2.45) is 17.6 Å². The Labute approximate surface area is 239 Å². The van der Waals surface area contributed by atoms with Crippen LogP contribution in [0.25, 0.3) is 0 Å². The average molecular weight is 547 g/mol. The molecule has 0 aliphatic rings. The Morgan fingerprint density at radius 2 is 1.31 bits per heavy atom. The molecule has 2 atom stereocenters. The van der Waals surface area contributed by atoms with Gasteiger partial charge in [-0.2, -0.15) is 0 Å². The number of hydrogen-bond acceptors (Lipinski definition) is 5. The molecule has 0 aliphatic heterocycles. The maximum atomic E-state index is 12.0.